The van der Waals surface area contributed by atoms with Crippen molar-refractivity contribution < 1.29 is 9.15 Å². The van der Waals surface area contributed by atoms with Gasteiger partial charge in [0, 0.05) is 0 Å². The number of fused-ring (bicyclic) bond motifs is 1. The fourth-order valence-corrected chi connectivity index (χ4v) is 0.720. The van der Waals surface area contributed by atoms with Gasteiger partial charge in [0.05, 0.1) is 5.10 Å². The highest BCUT2D eigenvalue weighted by molar-refractivity contribution is 5.67. The Morgan fingerprint density at radius 1 is 1.50 bits per heavy atom. The Morgan fingerprint density at radius 2 is 2.40 bits per heavy atom. The maximum atomic E-state index is 10.8. The van der Waals surface area contributed by atoms with Crippen LogP contribution in [0, 0.1) is 5.21 Å². The standard InChI is InChI=1S/C5H3N3O2/c9-8-3-6-7-4-1-10-2-5(4)8/h1-3H. The summed E-state index contributed by atoms with van der Waals surface area (Å²) >= 11 is 0. The molecule has 2 aromatic rings. The van der Waals surface area contributed by atoms with Crippen molar-refractivity contribution in [3.8, 4) is 0 Å². The molecule has 0 saturated heterocycles. The highest BCUT2D eigenvalue weighted by Gasteiger charge is 2.03. The second kappa shape index (κ2) is 1.66. The zero-order valence-corrected chi connectivity index (χ0v) is 4.89. The van der Waals surface area contributed by atoms with Gasteiger partial charge in [0.2, 0.25) is 0 Å². The highest BCUT2D eigenvalue weighted by atomic mass is 16.5. The van der Waals surface area contributed by atoms with E-state index in [1.807, 2.05) is 0 Å². The number of rotatable bonds is 0. The van der Waals surface area contributed by atoms with E-state index in [0.717, 1.165) is 6.33 Å². The first-order chi connectivity index (χ1) is 4.88. The van der Waals surface area contributed by atoms with E-state index >= 15 is 0 Å². The summed E-state index contributed by atoms with van der Waals surface area (Å²) in [5.41, 5.74) is 0.868. The third-order valence-electron chi connectivity index (χ3n) is 1.18. The molecule has 2 rings (SSSR count). The van der Waals surface area contributed by atoms with E-state index in [4.69, 9.17) is 4.42 Å². The molecule has 5 nitrogen and oxygen atoms in total. The van der Waals surface area contributed by atoms with Gasteiger partial charge in [-0.05, 0) is 5.10 Å². The van der Waals surface area contributed by atoms with E-state index in [-0.39, 0.29) is 0 Å². The molecule has 0 aliphatic rings. The van der Waals surface area contributed by atoms with E-state index in [2.05, 4.69) is 10.2 Å². The van der Waals surface area contributed by atoms with Gasteiger partial charge in [0.15, 0.2) is 11.0 Å². The molecule has 0 atom stereocenters. The lowest BCUT2D eigenvalue weighted by Gasteiger charge is -1.95. The van der Waals surface area contributed by atoms with Crippen molar-refractivity contribution in [3.05, 3.63) is 24.1 Å². The third-order valence-corrected chi connectivity index (χ3v) is 1.18. The van der Waals surface area contributed by atoms with E-state index < -0.39 is 0 Å². The summed E-state index contributed by atoms with van der Waals surface area (Å²) in [5, 5.41) is 17.9. The number of furan rings is 1. The van der Waals surface area contributed by atoms with Crippen LogP contribution >= 0.6 is 0 Å². The Hall–Kier alpha value is -1.65. The molecule has 2 aromatic heterocycles. The summed E-state index contributed by atoms with van der Waals surface area (Å²) in [5.74, 6) is 0. The first-order valence-corrected chi connectivity index (χ1v) is 2.64. The molecule has 0 N–H and O–H groups in total. The van der Waals surface area contributed by atoms with Crippen LogP contribution in [0.3, 0.4) is 0 Å². The molecule has 10 heavy (non-hydrogen) atoms. The largest absolute Gasteiger partial charge is 0.710 e. The van der Waals surface area contributed by atoms with Crippen LogP contribution in [-0.2, 0) is 0 Å². The van der Waals surface area contributed by atoms with Gasteiger partial charge in [-0.25, -0.2) is 4.73 Å². The Morgan fingerprint density at radius 3 is 3.20 bits per heavy atom. The van der Waals surface area contributed by atoms with Crippen molar-refractivity contribution in [1.29, 1.82) is 0 Å². The van der Waals surface area contributed by atoms with Crippen molar-refractivity contribution in [3.63, 3.8) is 0 Å². The summed E-state index contributed by atoms with van der Waals surface area (Å²) < 4.78 is 5.33. The molecule has 0 amide bonds. The molecule has 0 aliphatic carbocycles. The van der Waals surface area contributed by atoms with Gasteiger partial charge in [-0.2, -0.15) is 0 Å². The molecule has 0 radical (unpaired) electrons. The monoisotopic (exact) mass is 137 g/mol. The Balaban J connectivity index is 2.95. The Labute approximate surface area is 55.5 Å². The van der Waals surface area contributed by atoms with Gasteiger partial charge in [-0.15, -0.1) is 0 Å². The minimum absolute atomic E-state index is 0.398. The molecule has 5 heteroatoms. The van der Waals surface area contributed by atoms with Crippen LogP contribution in [0.5, 0.6) is 0 Å². The van der Waals surface area contributed by atoms with Crippen molar-refractivity contribution in [2.75, 3.05) is 0 Å². The fraction of sp³-hybridized carbons (Fsp3) is 0. The molecule has 0 aliphatic heterocycles. The van der Waals surface area contributed by atoms with Crippen molar-refractivity contribution in [2.45, 2.75) is 0 Å². The van der Waals surface area contributed by atoms with Crippen molar-refractivity contribution in [1.82, 2.24) is 10.2 Å². The van der Waals surface area contributed by atoms with Gasteiger partial charge in [0.1, 0.15) is 12.5 Å². The molecule has 0 unspecified atom stereocenters. The van der Waals surface area contributed by atoms with Gasteiger partial charge in [-0.3, -0.25) is 0 Å². The van der Waals surface area contributed by atoms with E-state index in [9.17, 15) is 5.21 Å². The first-order valence-electron chi connectivity index (χ1n) is 2.64. The van der Waals surface area contributed by atoms with Crippen LogP contribution in [-0.4, -0.2) is 10.2 Å². The zero-order valence-electron chi connectivity index (χ0n) is 4.89. The fourth-order valence-electron chi connectivity index (χ4n) is 0.720. The average Bonchev–Trinajstić information content (AvgIpc) is 2.36. The third kappa shape index (κ3) is 0.540. The van der Waals surface area contributed by atoms with Crippen LogP contribution in [0.25, 0.3) is 11.0 Å². The molecule has 0 bridgehead atoms. The lowest BCUT2D eigenvalue weighted by Crippen LogP contribution is -2.26. The molecule has 0 spiro atoms. The number of nitrogens with zero attached hydrogens (tertiary/aromatic N) is 3. The topological polar surface area (TPSA) is 65.9 Å². The number of hydrogen-bond donors (Lipinski definition) is 0. The second-order valence-electron chi connectivity index (χ2n) is 1.80. The maximum absolute atomic E-state index is 10.8. The van der Waals surface area contributed by atoms with Crippen molar-refractivity contribution >= 4 is 11.0 Å². The van der Waals surface area contributed by atoms with Gasteiger partial charge in [0.25, 0.3) is 0 Å². The van der Waals surface area contributed by atoms with Crippen LogP contribution in [0.2, 0.25) is 0 Å². The average molecular weight is 137 g/mol. The zero-order chi connectivity index (χ0) is 6.97. The van der Waals surface area contributed by atoms with Crippen LogP contribution in [0.4, 0.5) is 0 Å². The molecular formula is C5H3N3O2. The molecule has 0 aromatic carbocycles. The predicted octanol–water partition coefficient (Wildman–Crippen LogP) is -0.144. The van der Waals surface area contributed by atoms with Gasteiger partial charge >= 0.3 is 6.33 Å². The van der Waals surface area contributed by atoms with Gasteiger partial charge < -0.3 is 9.62 Å². The second-order valence-corrected chi connectivity index (χ2v) is 1.80. The molecular weight excluding hydrogens is 134 g/mol. The number of aromatic nitrogens is 3. The SMILES string of the molecule is [O-][n+]1cnnc2cocc21. The summed E-state index contributed by atoms with van der Waals surface area (Å²) in [4.78, 5) is 0. The quantitative estimate of drug-likeness (QED) is 0.374. The Kier molecular flexibility index (Phi) is 0.858. The lowest BCUT2D eigenvalue weighted by atomic mass is 10.5. The highest BCUT2D eigenvalue weighted by Crippen LogP contribution is 2.03. The molecule has 2 heterocycles. The number of hydrogen-bond acceptors (Lipinski definition) is 4. The molecule has 0 saturated carbocycles. The van der Waals surface area contributed by atoms with Crippen molar-refractivity contribution in [2.24, 2.45) is 0 Å². The summed E-state index contributed by atoms with van der Waals surface area (Å²) in [6.07, 6.45) is 3.78. The van der Waals surface area contributed by atoms with E-state index in [0.29, 0.717) is 15.8 Å². The smallest absolute Gasteiger partial charge is 0.318 e. The van der Waals surface area contributed by atoms with Crippen LogP contribution in [0.1, 0.15) is 0 Å². The first kappa shape index (κ1) is 5.16. The molecule has 50 valence electrons. The predicted molar refractivity (Wildman–Crippen MR) is 30.8 cm³/mol. The summed E-state index contributed by atoms with van der Waals surface area (Å²) in [7, 11) is 0. The minimum Gasteiger partial charge on any atom is -0.710 e. The minimum atomic E-state index is 0.398. The van der Waals surface area contributed by atoms with Crippen LogP contribution in [0.15, 0.2) is 23.3 Å². The lowest BCUT2D eigenvalue weighted by molar-refractivity contribution is -0.581. The normalized spacial score (nSPS) is 10.4. The molecule has 0 fully saturated rings. The van der Waals surface area contributed by atoms with E-state index in [1.54, 1.807) is 0 Å². The van der Waals surface area contributed by atoms with Gasteiger partial charge in [-0.1, -0.05) is 0 Å². The van der Waals surface area contributed by atoms with E-state index in [1.165, 1.54) is 12.5 Å². The maximum Gasteiger partial charge on any atom is 0.318 e. The van der Waals surface area contributed by atoms with Crippen LogP contribution < -0.4 is 4.73 Å². The summed E-state index contributed by atoms with van der Waals surface area (Å²) in [6.45, 7) is 0. The Bertz CT molecular complexity index is 356. The summed E-state index contributed by atoms with van der Waals surface area (Å²) in [6, 6.07) is 0.